The highest BCUT2D eigenvalue weighted by Crippen LogP contribution is 2.23. The topological polar surface area (TPSA) is 54.4 Å². The number of oxime groups is 1. The normalized spacial score (nSPS) is 31.4. The molecule has 3 aliphatic heterocycles. The monoisotopic (exact) mass is 295 g/mol. The molecule has 0 spiro atoms. The molecule has 21 heavy (non-hydrogen) atoms. The molecule has 6 heteroatoms. The average molecular weight is 295 g/mol. The van der Waals surface area contributed by atoms with E-state index in [1.54, 1.807) is 4.90 Å². The number of hydrogen-bond acceptors (Lipinski definition) is 5. The number of ether oxygens (including phenoxy) is 1. The Morgan fingerprint density at radius 3 is 2.81 bits per heavy atom. The number of carbonyl (C=O) groups is 1. The van der Waals surface area contributed by atoms with E-state index in [-0.39, 0.29) is 17.9 Å². The van der Waals surface area contributed by atoms with E-state index >= 15 is 0 Å². The van der Waals surface area contributed by atoms with E-state index in [1.165, 1.54) is 19.3 Å². The van der Waals surface area contributed by atoms with Crippen molar-refractivity contribution in [1.82, 2.24) is 9.80 Å². The predicted molar refractivity (Wildman–Crippen MR) is 78.9 cm³/mol. The summed E-state index contributed by atoms with van der Waals surface area (Å²) >= 11 is 0. The summed E-state index contributed by atoms with van der Waals surface area (Å²) in [7, 11) is 1.84. The van der Waals surface area contributed by atoms with Gasteiger partial charge >= 0.3 is 0 Å². The van der Waals surface area contributed by atoms with Crippen LogP contribution in [0.15, 0.2) is 5.16 Å². The summed E-state index contributed by atoms with van der Waals surface area (Å²) in [5.41, 5.74) is 0. The first kappa shape index (κ1) is 14.6. The minimum absolute atomic E-state index is 0.0466. The quantitative estimate of drug-likeness (QED) is 0.781. The lowest BCUT2D eigenvalue weighted by Crippen LogP contribution is -2.45. The Bertz CT molecular complexity index is 407. The van der Waals surface area contributed by atoms with Crippen molar-refractivity contribution in [3.63, 3.8) is 0 Å². The Morgan fingerprint density at radius 2 is 2.05 bits per heavy atom. The Labute approximate surface area is 126 Å². The molecule has 1 amide bonds. The Balaban J connectivity index is 1.53. The second-order valence-electron chi connectivity index (χ2n) is 6.33. The maximum Gasteiger partial charge on any atom is 0.229 e. The highest BCUT2D eigenvalue weighted by atomic mass is 16.7. The van der Waals surface area contributed by atoms with Gasteiger partial charge in [0.2, 0.25) is 11.8 Å². The summed E-state index contributed by atoms with van der Waals surface area (Å²) in [6.45, 7) is 4.49. The van der Waals surface area contributed by atoms with E-state index in [4.69, 9.17) is 9.57 Å². The van der Waals surface area contributed by atoms with Gasteiger partial charge in [-0.15, -0.1) is 0 Å². The Morgan fingerprint density at radius 1 is 1.24 bits per heavy atom. The van der Waals surface area contributed by atoms with E-state index in [0.29, 0.717) is 18.9 Å². The number of amides is 1. The van der Waals surface area contributed by atoms with Gasteiger partial charge in [-0.25, -0.2) is 0 Å². The first-order valence-electron chi connectivity index (χ1n) is 8.05. The zero-order valence-electron chi connectivity index (χ0n) is 12.8. The summed E-state index contributed by atoms with van der Waals surface area (Å²) in [6.07, 6.45) is 5.32. The zero-order valence-corrected chi connectivity index (χ0v) is 12.8. The molecule has 118 valence electrons. The lowest BCUT2D eigenvalue weighted by molar-refractivity contribution is -0.133. The summed E-state index contributed by atoms with van der Waals surface area (Å²) in [6, 6.07) is 0. The maximum atomic E-state index is 11.8. The summed E-state index contributed by atoms with van der Waals surface area (Å²) in [5, 5.41) is 4.06. The second-order valence-corrected chi connectivity index (χ2v) is 6.33. The number of likely N-dealkylation sites (tertiary alicyclic amines) is 2. The predicted octanol–water partition coefficient (Wildman–Crippen LogP) is 1.07. The molecule has 2 saturated heterocycles. The number of nitrogens with zero attached hydrogens (tertiary/aromatic N) is 3. The molecule has 3 heterocycles. The third-order valence-electron chi connectivity index (χ3n) is 4.62. The van der Waals surface area contributed by atoms with E-state index in [0.717, 1.165) is 32.6 Å². The van der Waals surface area contributed by atoms with Gasteiger partial charge in [0.1, 0.15) is 6.10 Å². The van der Waals surface area contributed by atoms with E-state index in [1.807, 2.05) is 7.05 Å². The van der Waals surface area contributed by atoms with Crippen molar-refractivity contribution in [2.75, 3.05) is 39.8 Å². The van der Waals surface area contributed by atoms with Crippen LogP contribution in [0.4, 0.5) is 0 Å². The Kier molecular flexibility index (Phi) is 4.63. The molecule has 2 unspecified atom stereocenters. The van der Waals surface area contributed by atoms with Crippen LogP contribution in [-0.2, 0) is 14.4 Å². The van der Waals surface area contributed by atoms with Gasteiger partial charge in [0.05, 0.1) is 0 Å². The fourth-order valence-electron chi connectivity index (χ4n) is 3.25. The number of piperidine rings is 2. The van der Waals surface area contributed by atoms with Crippen molar-refractivity contribution in [1.29, 1.82) is 0 Å². The van der Waals surface area contributed by atoms with E-state index < -0.39 is 0 Å². The van der Waals surface area contributed by atoms with Gasteiger partial charge in [0.15, 0.2) is 6.61 Å². The third kappa shape index (κ3) is 3.67. The van der Waals surface area contributed by atoms with E-state index in [2.05, 4.69) is 10.1 Å². The first-order valence-corrected chi connectivity index (χ1v) is 8.05. The van der Waals surface area contributed by atoms with Crippen molar-refractivity contribution in [2.45, 2.75) is 38.2 Å². The largest absolute Gasteiger partial charge is 0.470 e. The minimum atomic E-state index is 0.0466. The van der Waals surface area contributed by atoms with Gasteiger partial charge < -0.3 is 14.5 Å². The zero-order chi connectivity index (χ0) is 14.7. The van der Waals surface area contributed by atoms with Crippen LogP contribution in [0.3, 0.4) is 0 Å². The molecule has 6 nitrogen and oxygen atoms in total. The molecule has 0 aromatic carbocycles. The van der Waals surface area contributed by atoms with Crippen molar-refractivity contribution in [3.8, 4) is 0 Å². The van der Waals surface area contributed by atoms with Gasteiger partial charge in [-0.2, -0.15) is 0 Å². The SMILES string of the molecule is CN1CCC(C2=NOCC(CN3CCCCC3)O2)CC1=O. The minimum Gasteiger partial charge on any atom is -0.470 e. The fourth-order valence-corrected chi connectivity index (χ4v) is 3.25. The molecule has 3 aliphatic rings. The Hall–Kier alpha value is -1.30. The molecule has 0 radical (unpaired) electrons. The van der Waals surface area contributed by atoms with Crippen LogP contribution < -0.4 is 0 Å². The van der Waals surface area contributed by atoms with Gasteiger partial charge in [0.25, 0.3) is 0 Å². The second kappa shape index (κ2) is 6.64. The molecule has 0 aromatic rings. The molecule has 0 aromatic heterocycles. The third-order valence-corrected chi connectivity index (χ3v) is 4.62. The van der Waals surface area contributed by atoms with Gasteiger partial charge in [-0.05, 0) is 32.4 Å². The summed E-state index contributed by atoms with van der Waals surface area (Å²) in [4.78, 5) is 21.4. The molecule has 0 aliphatic carbocycles. The van der Waals surface area contributed by atoms with Crippen LogP contribution in [0.25, 0.3) is 0 Å². The number of carbonyl (C=O) groups excluding carboxylic acids is 1. The first-order chi connectivity index (χ1) is 10.2. The van der Waals surface area contributed by atoms with Crippen LogP contribution in [0, 0.1) is 5.92 Å². The van der Waals surface area contributed by atoms with Crippen LogP contribution in [0.1, 0.15) is 32.1 Å². The van der Waals surface area contributed by atoms with Crippen molar-refractivity contribution < 1.29 is 14.4 Å². The van der Waals surface area contributed by atoms with Crippen LogP contribution in [0.2, 0.25) is 0 Å². The van der Waals surface area contributed by atoms with Gasteiger partial charge in [0, 0.05) is 32.5 Å². The van der Waals surface area contributed by atoms with Crippen molar-refractivity contribution in [2.24, 2.45) is 11.1 Å². The summed E-state index contributed by atoms with van der Waals surface area (Å²) < 4.78 is 6.02. The molecule has 0 N–H and O–H groups in total. The molecule has 0 saturated carbocycles. The summed E-state index contributed by atoms with van der Waals surface area (Å²) in [5.74, 6) is 0.873. The fraction of sp³-hybridized carbons (Fsp3) is 0.867. The smallest absolute Gasteiger partial charge is 0.229 e. The lowest BCUT2D eigenvalue weighted by atomic mass is 9.96. The highest BCUT2D eigenvalue weighted by Gasteiger charge is 2.32. The van der Waals surface area contributed by atoms with Crippen molar-refractivity contribution >= 4 is 11.8 Å². The number of rotatable bonds is 3. The van der Waals surface area contributed by atoms with Gasteiger partial charge in [-0.1, -0.05) is 11.6 Å². The van der Waals surface area contributed by atoms with E-state index in [9.17, 15) is 4.79 Å². The molecule has 2 atom stereocenters. The maximum absolute atomic E-state index is 11.8. The van der Waals surface area contributed by atoms with Crippen LogP contribution in [0.5, 0.6) is 0 Å². The lowest BCUT2D eigenvalue weighted by Gasteiger charge is -2.34. The van der Waals surface area contributed by atoms with Crippen LogP contribution >= 0.6 is 0 Å². The molecular formula is C15H25N3O3. The average Bonchev–Trinajstić information content (AvgIpc) is 2.51. The molecule has 2 fully saturated rings. The van der Waals surface area contributed by atoms with Crippen LogP contribution in [-0.4, -0.2) is 67.5 Å². The highest BCUT2D eigenvalue weighted by molar-refractivity contribution is 5.86. The molecule has 0 bridgehead atoms. The van der Waals surface area contributed by atoms with Gasteiger partial charge in [-0.3, -0.25) is 9.69 Å². The van der Waals surface area contributed by atoms with Crippen molar-refractivity contribution in [3.05, 3.63) is 0 Å². The molecule has 3 rings (SSSR count). The molecular weight excluding hydrogens is 270 g/mol. The number of hydrogen-bond donors (Lipinski definition) is 0. The standard InChI is InChI=1S/C15H25N3O3/c1-17-8-5-12(9-14(17)19)15-16-20-11-13(21-15)10-18-6-3-2-4-7-18/h12-13H,2-11H2,1H3.